The minimum absolute atomic E-state index is 0.152. The minimum Gasteiger partial charge on any atom is -0.508 e. The van der Waals surface area contributed by atoms with Crippen molar-refractivity contribution < 1.29 is 14.6 Å². The van der Waals surface area contributed by atoms with E-state index in [2.05, 4.69) is 10.3 Å². The minimum atomic E-state index is -0.669. The van der Waals surface area contributed by atoms with Crippen LogP contribution in [0.3, 0.4) is 0 Å². The molecule has 37 heavy (non-hydrogen) atoms. The number of amides is 1. The Labute approximate surface area is 217 Å². The first-order chi connectivity index (χ1) is 17.9. The summed E-state index contributed by atoms with van der Waals surface area (Å²) in [6.07, 6.45) is 1.77. The van der Waals surface area contributed by atoms with E-state index in [-0.39, 0.29) is 17.2 Å². The summed E-state index contributed by atoms with van der Waals surface area (Å²) in [6, 6.07) is 22.6. The third-order valence-electron chi connectivity index (χ3n) is 6.00. The van der Waals surface area contributed by atoms with Gasteiger partial charge >= 0.3 is 0 Å². The Hall–Kier alpha value is -4.43. The van der Waals surface area contributed by atoms with Crippen LogP contribution in [0.5, 0.6) is 11.5 Å². The summed E-state index contributed by atoms with van der Waals surface area (Å²) < 4.78 is 7.66. The third kappa shape index (κ3) is 4.96. The van der Waals surface area contributed by atoms with E-state index in [1.165, 1.54) is 11.3 Å². The fourth-order valence-corrected chi connectivity index (χ4v) is 5.33. The molecule has 3 aromatic carbocycles. The van der Waals surface area contributed by atoms with Crippen LogP contribution in [0.25, 0.3) is 6.08 Å². The summed E-state index contributed by atoms with van der Waals surface area (Å²) in [5, 5.41) is 12.5. The molecule has 0 fully saturated rings. The lowest BCUT2D eigenvalue weighted by Gasteiger charge is -2.25. The molecule has 5 rings (SSSR count). The zero-order valence-electron chi connectivity index (χ0n) is 20.3. The van der Waals surface area contributed by atoms with Gasteiger partial charge in [-0.05, 0) is 67.4 Å². The Bertz CT molecular complexity index is 1650. The lowest BCUT2D eigenvalue weighted by Crippen LogP contribution is -2.40. The number of anilines is 1. The van der Waals surface area contributed by atoms with Crippen molar-refractivity contribution in [3.05, 3.63) is 121 Å². The highest BCUT2D eigenvalue weighted by Gasteiger charge is 2.32. The van der Waals surface area contributed by atoms with Gasteiger partial charge in [-0.3, -0.25) is 14.2 Å². The van der Waals surface area contributed by atoms with E-state index in [0.29, 0.717) is 38.6 Å². The summed E-state index contributed by atoms with van der Waals surface area (Å²) in [7, 11) is 0. The number of carbonyl (C=O) groups excluding carboxylic acids is 1. The van der Waals surface area contributed by atoms with E-state index in [0.717, 1.165) is 11.1 Å². The molecule has 0 unspecified atom stereocenters. The molecule has 0 radical (unpaired) electrons. The molecule has 2 N–H and O–H groups in total. The molecule has 0 spiro atoms. The Kier molecular flexibility index (Phi) is 6.74. The quantitative estimate of drug-likeness (QED) is 0.410. The lowest BCUT2D eigenvalue weighted by molar-refractivity contribution is -0.113. The molecule has 0 saturated heterocycles. The van der Waals surface area contributed by atoms with Crippen molar-refractivity contribution in [1.29, 1.82) is 0 Å². The van der Waals surface area contributed by atoms with Crippen molar-refractivity contribution in [2.45, 2.75) is 19.9 Å². The molecule has 0 saturated carbocycles. The molecule has 1 aliphatic rings. The van der Waals surface area contributed by atoms with Gasteiger partial charge < -0.3 is 15.2 Å². The molecule has 0 aliphatic carbocycles. The maximum atomic E-state index is 13.7. The molecule has 1 amide bonds. The normalized spacial score (nSPS) is 15.2. The number of para-hydroxylation sites is 1. The SMILES string of the molecule is CCOc1ccc([C@H]2C(C(=O)Nc3ccccc3)=C(C)N=c3s/c(=C\c4ccc(O)cc4)c(=O)n32)cc1. The number of carbonyl (C=O) groups is 1. The van der Waals surface area contributed by atoms with E-state index >= 15 is 0 Å². The number of thiazole rings is 1. The molecule has 1 aromatic heterocycles. The number of fused-ring (bicyclic) bond motifs is 1. The number of ether oxygens (including phenoxy) is 1. The van der Waals surface area contributed by atoms with Gasteiger partial charge in [0, 0.05) is 5.69 Å². The first-order valence-electron chi connectivity index (χ1n) is 11.9. The maximum absolute atomic E-state index is 13.7. The zero-order valence-corrected chi connectivity index (χ0v) is 21.2. The molecule has 2 heterocycles. The fourth-order valence-electron chi connectivity index (χ4n) is 4.28. The smallest absolute Gasteiger partial charge is 0.271 e. The summed E-state index contributed by atoms with van der Waals surface area (Å²) in [6.45, 7) is 4.24. The highest BCUT2D eigenvalue weighted by Crippen LogP contribution is 2.31. The van der Waals surface area contributed by atoms with E-state index in [1.54, 1.807) is 41.8 Å². The molecule has 1 aliphatic heterocycles. The van der Waals surface area contributed by atoms with Gasteiger partial charge in [0.15, 0.2) is 4.80 Å². The van der Waals surface area contributed by atoms with Gasteiger partial charge in [-0.25, -0.2) is 4.99 Å². The van der Waals surface area contributed by atoms with Crippen LogP contribution in [0.1, 0.15) is 31.0 Å². The number of benzene rings is 3. The molecule has 8 heteroatoms. The van der Waals surface area contributed by atoms with Crippen LogP contribution in [0.2, 0.25) is 0 Å². The van der Waals surface area contributed by atoms with Crippen LogP contribution < -0.4 is 24.9 Å². The molecule has 0 bridgehead atoms. The third-order valence-corrected chi connectivity index (χ3v) is 6.98. The first kappa shape index (κ1) is 24.3. The van der Waals surface area contributed by atoms with E-state index in [1.807, 2.05) is 61.5 Å². The summed E-state index contributed by atoms with van der Waals surface area (Å²) >= 11 is 1.27. The van der Waals surface area contributed by atoms with Crippen LogP contribution in [-0.4, -0.2) is 22.2 Å². The van der Waals surface area contributed by atoms with Crippen molar-refractivity contribution in [2.75, 3.05) is 11.9 Å². The number of rotatable bonds is 6. The number of phenolic OH excluding ortho intramolecular Hbond substituents is 1. The number of hydrogen-bond acceptors (Lipinski definition) is 6. The second-order valence-corrected chi connectivity index (χ2v) is 9.50. The largest absolute Gasteiger partial charge is 0.508 e. The molecule has 186 valence electrons. The zero-order chi connectivity index (χ0) is 25.9. The number of aromatic nitrogens is 1. The van der Waals surface area contributed by atoms with Gasteiger partial charge in [0.2, 0.25) is 0 Å². The van der Waals surface area contributed by atoms with Crippen LogP contribution >= 0.6 is 11.3 Å². The van der Waals surface area contributed by atoms with Crippen molar-refractivity contribution in [3.8, 4) is 11.5 Å². The van der Waals surface area contributed by atoms with Crippen LogP contribution in [-0.2, 0) is 4.79 Å². The van der Waals surface area contributed by atoms with Crippen molar-refractivity contribution in [2.24, 2.45) is 4.99 Å². The Morgan fingerprint density at radius 3 is 2.46 bits per heavy atom. The standard InChI is InChI=1S/C29H25N3O4S/c1-3-36-23-15-11-20(12-16-23)26-25(27(34)31-21-7-5-4-6-8-21)18(2)30-29-32(26)28(35)24(37-29)17-19-9-13-22(33)14-10-19/h4-17,26,33H,3H2,1-2H3,(H,31,34)/b24-17-/t26-/m0/s1. The first-order valence-corrected chi connectivity index (χ1v) is 12.7. The number of aromatic hydroxyl groups is 1. The summed E-state index contributed by atoms with van der Waals surface area (Å²) in [4.78, 5) is 32.5. The fraction of sp³-hybridized carbons (Fsp3) is 0.138. The Morgan fingerprint density at radius 1 is 1.08 bits per heavy atom. The molecule has 1 atom stereocenters. The molecule has 4 aromatic rings. The van der Waals surface area contributed by atoms with E-state index in [4.69, 9.17) is 4.74 Å². The topological polar surface area (TPSA) is 92.9 Å². The summed E-state index contributed by atoms with van der Waals surface area (Å²) in [5.41, 5.74) is 2.91. The molecular formula is C29H25N3O4S. The summed E-state index contributed by atoms with van der Waals surface area (Å²) in [5.74, 6) is 0.542. The van der Waals surface area contributed by atoms with Crippen molar-refractivity contribution >= 4 is 29.0 Å². The number of hydrogen-bond donors (Lipinski definition) is 2. The molecule has 7 nitrogen and oxygen atoms in total. The van der Waals surface area contributed by atoms with Crippen LogP contribution in [0.15, 0.2) is 99.9 Å². The predicted molar refractivity (Wildman–Crippen MR) is 145 cm³/mol. The highest BCUT2D eigenvalue weighted by molar-refractivity contribution is 7.07. The van der Waals surface area contributed by atoms with Gasteiger partial charge in [-0.2, -0.15) is 0 Å². The average Bonchev–Trinajstić information content (AvgIpc) is 3.20. The molecular weight excluding hydrogens is 486 g/mol. The number of nitrogens with zero attached hydrogens (tertiary/aromatic N) is 2. The van der Waals surface area contributed by atoms with Crippen LogP contribution in [0.4, 0.5) is 5.69 Å². The van der Waals surface area contributed by atoms with Crippen molar-refractivity contribution in [1.82, 2.24) is 4.57 Å². The lowest BCUT2D eigenvalue weighted by atomic mass is 9.95. The monoisotopic (exact) mass is 511 g/mol. The number of nitrogens with one attached hydrogen (secondary N) is 1. The average molecular weight is 512 g/mol. The van der Waals surface area contributed by atoms with Gasteiger partial charge in [-0.15, -0.1) is 0 Å². The number of allylic oxidation sites excluding steroid dienone is 1. The second-order valence-electron chi connectivity index (χ2n) is 8.50. The van der Waals surface area contributed by atoms with Gasteiger partial charge in [-0.1, -0.05) is 53.8 Å². The Morgan fingerprint density at radius 2 is 1.78 bits per heavy atom. The van der Waals surface area contributed by atoms with Crippen molar-refractivity contribution in [3.63, 3.8) is 0 Å². The highest BCUT2D eigenvalue weighted by atomic mass is 32.1. The second kappa shape index (κ2) is 10.3. The van der Waals surface area contributed by atoms with Gasteiger partial charge in [0.1, 0.15) is 11.5 Å². The Balaban J connectivity index is 1.65. The van der Waals surface area contributed by atoms with E-state index < -0.39 is 6.04 Å². The predicted octanol–water partition coefficient (Wildman–Crippen LogP) is 3.98. The van der Waals surface area contributed by atoms with Gasteiger partial charge in [0.25, 0.3) is 11.5 Å². The van der Waals surface area contributed by atoms with Crippen LogP contribution in [0, 0.1) is 0 Å². The number of phenols is 1. The maximum Gasteiger partial charge on any atom is 0.271 e. The van der Waals surface area contributed by atoms with Gasteiger partial charge in [0.05, 0.1) is 28.5 Å². The van der Waals surface area contributed by atoms with E-state index in [9.17, 15) is 14.7 Å².